The van der Waals surface area contributed by atoms with Gasteiger partial charge >= 0.3 is 6.09 Å². The highest BCUT2D eigenvalue weighted by molar-refractivity contribution is 7.69. The van der Waals surface area contributed by atoms with Crippen molar-refractivity contribution in [3.05, 3.63) is 18.3 Å². The molecule has 0 atom stereocenters. The molecule has 1 N–H and O–H groups in total. The standard InChI is InChI=1S/C12H19N2O3P/c1-12(2,3)17-11(15)14-9-6-7-10(13-8-9)18(4,5)16/h6-8H,1-5H3,(H,14,15). The molecule has 1 aromatic rings. The third-order valence-corrected chi connectivity index (χ3v) is 3.31. The summed E-state index contributed by atoms with van der Waals surface area (Å²) < 4.78 is 16.9. The zero-order valence-corrected chi connectivity index (χ0v) is 12.2. The monoisotopic (exact) mass is 270 g/mol. The number of nitrogens with one attached hydrogen (secondary N) is 1. The summed E-state index contributed by atoms with van der Waals surface area (Å²) in [6.45, 7) is 8.67. The molecule has 0 saturated heterocycles. The molecule has 0 aliphatic carbocycles. The summed E-state index contributed by atoms with van der Waals surface area (Å²) in [6.07, 6.45) is 0.937. The van der Waals surface area contributed by atoms with Gasteiger partial charge in [-0.25, -0.2) is 4.79 Å². The SMILES string of the molecule is CC(C)(C)OC(=O)Nc1ccc(P(C)(C)=O)nc1. The maximum atomic E-state index is 11.8. The van der Waals surface area contributed by atoms with Crippen molar-refractivity contribution in [2.75, 3.05) is 18.6 Å². The van der Waals surface area contributed by atoms with Crippen LogP contribution in [0.15, 0.2) is 18.3 Å². The second-order valence-corrected chi connectivity index (χ2v) is 8.54. The number of hydrogen-bond acceptors (Lipinski definition) is 4. The van der Waals surface area contributed by atoms with Crippen LogP contribution in [-0.2, 0) is 9.30 Å². The Morgan fingerprint density at radius 1 is 1.33 bits per heavy atom. The van der Waals surface area contributed by atoms with Crippen molar-refractivity contribution in [2.24, 2.45) is 0 Å². The first kappa shape index (κ1) is 14.7. The van der Waals surface area contributed by atoms with Gasteiger partial charge in [0.2, 0.25) is 0 Å². The van der Waals surface area contributed by atoms with E-state index >= 15 is 0 Å². The molecule has 0 aromatic carbocycles. The highest BCUT2D eigenvalue weighted by Gasteiger charge is 2.17. The summed E-state index contributed by atoms with van der Waals surface area (Å²) in [5.74, 6) is 0. The van der Waals surface area contributed by atoms with Gasteiger partial charge in [-0.15, -0.1) is 0 Å². The lowest BCUT2D eigenvalue weighted by molar-refractivity contribution is 0.0636. The van der Waals surface area contributed by atoms with E-state index in [2.05, 4.69) is 10.3 Å². The lowest BCUT2D eigenvalue weighted by Crippen LogP contribution is -2.27. The lowest BCUT2D eigenvalue weighted by Gasteiger charge is -2.19. The molecule has 0 saturated carbocycles. The Hall–Kier alpha value is -1.35. The Morgan fingerprint density at radius 3 is 2.33 bits per heavy atom. The summed E-state index contributed by atoms with van der Waals surface area (Å²) in [4.78, 5) is 15.6. The third-order valence-electron chi connectivity index (χ3n) is 1.94. The molecule has 0 bridgehead atoms. The molecule has 1 heterocycles. The fourth-order valence-corrected chi connectivity index (χ4v) is 1.97. The minimum Gasteiger partial charge on any atom is -0.444 e. The van der Waals surface area contributed by atoms with Gasteiger partial charge in [0.15, 0.2) is 0 Å². The van der Waals surface area contributed by atoms with Crippen LogP contribution < -0.4 is 10.8 Å². The van der Waals surface area contributed by atoms with Crippen LogP contribution in [0.5, 0.6) is 0 Å². The normalized spacial score (nSPS) is 12.1. The topological polar surface area (TPSA) is 68.3 Å². The number of aromatic nitrogens is 1. The zero-order chi connectivity index (χ0) is 14.0. The molecule has 5 nitrogen and oxygen atoms in total. The average molecular weight is 270 g/mol. The van der Waals surface area contributed by atoms with Gasteiger partial charge in [0.1, 0.15) is 12.7 Å². The second-order valence-electron chi connectivity index (χ2n) is 5.38. The van der Waals surface area contributed by atoms with Crippen molar-refractivity contribution < 1.29 is 14.1 Å². The summed E-state index contributed by atoms with van der Waals surface area (Å²) in [5.41, 5.74) is 0.513. The summed E-state index contributed by atoms with van der Waals surface area (Å²) in [5, 5.41) is 2.56. The Balaban J connectivity index is 2.70. The second kappa shape index (κ2) is 5.11. The van der Waals surface area contributed by atoms with Gasteiger partial charge in [0.25, 0.3) is 0 Å². The van der Waals surface area contributed by atoms with Crippen molar-refractivity contribution in [1.29, 1.82) is 0 Å². The fourth-order valence-electron chi connectivity index (χ4n) is 1.20. The number of hydrogen-bond donors (Lipinski definition) is 1. The van der Waals surface area contributed by atoms with E-state index in [1.807, 2.05) is 0 Å². The van der Waals surface area contributed by atoms with E-state index in [0.29, 0.717) is 11.1 Å². The highest BCUT2D eigenvalue weighted by atomic mass is 31.2. The number of carbonyl (C=O) groups is 1. The van der Waals surface area contributed by atoms with Gasteiger partial charge in [-0.05, 0) is 46.2 Å². The molecule has 1 aromatic heterocycles. The van der Waals surface area contributed by atoms with Crippen molar-refractivity contribution in [3.63, 3.8) is 0 Å². The molecule has 0 spiro atoms. The van der Waals surface area contributed by atoms with Crippen LogP contribution in [0.25, 0.3) is 0 Å². The van der Waals surface area contributed by atoms with Crippen LogP contribution in [0, 0.1) is 0 Å². The zero-order valence-electron chi connectivity index (χ0n) is 11.4. The smallest absolute Gasteiger partial charge is 0.412 e. The van der Waals surface area contributed by atoms with E-state index in [4.69, 9.17) is 4.74 Å². The first-order valence-electron chi connectivity index (χ1n) is 5.59. The number of ether oxygens (including phenoxy) is 1. The van der Waals surface area contributed by atoms with Crippen LogP contribution in [0.1, 0.15) is 20.8 Å². The van der Waals surface area contributed by atoms with Crippen molar-refractivity contribution >= 4 is 24.4 Å². The van der Waals surface area contributed by atoms with Crippen LogP contribution in [0.4, 0.5) is 10.5 Å². The maximum Gasteiger partial charge on any atom is 0.412 e. The average Bonchev–Trinajstić information content (AvgIpc) is 2.13. The number of amides is 1. The molecular formula is C12H19N2O3P. The lowest BCUT2D eigenvalue weighted by atomic mass is 10.2. The van der Waals surface area contributed by atoms with Gasteiger partial charge in [-0.3, -0.25) is 10.3 Å². The van der Waals surface area contributed by atoms with E-state index < -0.39 is 18.8 Å². The predicted molar refractivity (Wildman–Crippen MR) is 73.2 cm³/mol. The molecule has 0 fully saturated rings. The Bertz CT molecular complexity index is 471. The Kier molecular flexibility index (Phi) is 4.17. The summed E-state index contributed by atoms with van der Waals surface area (Å²) >= 11 is 0. The van der Waals surface area contributed by atoms with E-state index in [0.717, 1.165) is 0 Å². The molecule has 0 aliphatic rings. The van der Waals surface area contributed by atoms with E-state index in [-0.39, 0.29) is 0 Å². The maximum absolute atomic E-state index is 11.8. The van der Waals surface area contributed by atoms with Crippen molar-refractivity contribution in [3.8, 4) is 0 Å². The fraction of sp³-hybridized carbons (Fsp3) is 0.500. The summed E-state index contributed by atoms with van der Waals surface area (Å²) in [7, 11) is -2.36. The molecule has 1 amide bonds. The number of rotatable bonds is 2. The van der Waals surface area contributed by atoms with Crippen LogP contribution >= 0.6 is 7.14 Å². The van der Waals surface area contributed by atoms with Gasteiger partial charge < -0.3 is 9.30 Å². The Morgan fingerprint density at radius 2 is 1.94 bits per heavy atom. The van der Waals surface area contributed by atoms with Crippen LogP contribution in [0.2, 0.25) is 0 Å². The number of nitrogens with zero attached hydrogens (tertiary/aromatic N) is 1. The minimum absolute atomic E-state index is 0.515. The van der Waals surface area contributed by atoms with E-state index in [1.165, 1.54) is 6.20 Å². The quantitative estimate of drug-likeness (QED) is 0.839. The van der Waals surface area contributed by atoms with Gasteiger partial charge in [0, 0.05) is 0 Å². The predicted octanol–water partition coefficient (Wildman–Crippen LogP) is 2.68. The van der Waals surface area contributed by atoms with E-state index in [1.54, 1.807) is 46.2 Å². The van der Waals surface area contributed by atoms with Crippen molar-refractivity contribution in [1.82, 2.24) is 4.98 Å². The highest BCUT2D eigenvalue weighted by Crippen LogP contribution is 2.33. The van der Waals surface area contributed by atoms with Gasteiger partial charge in [-0.2, -0.15) is 0 Å². The summed E-state index contributed by atoms with van der Waals surface area (Å²) in [6, 6.07) is 3.30. The molecular weight excluding hydrogens is 251 g/mol. The molecule has 18 heavy (non-hydrogen) atoms. The largest absolute Gasteiger partial charge is 0.444 e. The minimum atomic E-state index is -2.36. The molecule has 6 heteroatoms. The van der Waals surface area contributed by atoms with Crippen LogP contribution in [-0.4, -0.2) is 30.0 Å². The molecule has 0 unspecified atom stereocenters. The molecule has 0 aliphatic heterocycles. The number of anilines is 1. The molecule has 0 radical (unpaired) electrons. The third kappa shape index (κ3) is 4.88. The Labute approximate surface area is 107 Å². The van der Waals surface area contributed by atoms with E-state index in [9.17, 15) is 9.36 Å². The van der Waals surface area contributed by atoms with Gasteiger partial charge in [0.05, 0.1) is 17.3 Å². The molecule has 1 rings (SSSR count). The molecule has 100 valence electrons. The first-order valence-corrected chi connectivity index (χ1v) is 8.20. The van der Waals surface area contributed by atoms with Gasteiger partial charge in [-0.1, -0.05) is 0 Å². The van der Waals surface area contributed by atoms with Crippen LogP contribution in [0.3, 0.4) is 0 Å². The van der Waals surface area contributed by atoms with Crippen molar-refractivity contribution in [2.45, 2.75) is 26.4 Å². The first-order chi connectivity index (χ1) is 8.08. The number of carbonyl (C=O) groups excluding carboxylic acids is 1. The number of pyridine rings is 1.